The van der Waals surface area contributed by atoms with Crippen molar-refractivity contribution in [2.45, 2.75) is 33.1 Å². The van der Waals surface area contributed by atoms with Crippen LogP contribution in [-0.4, -0.2) is 34.5 Å². The molecule has 0 atom stereocenters. The molecule has 4 N–H and O–H groups in total. The summed E-state index contributed by atoms with van der Waals surface area (Å²) in [4.78, 5) is 12.1. The minimum absolute atomic E-state index is 0.0451. The SMILES string of the molecule is CCC(CC)(CCO)CNC(=O)Nc1ccc(-c2ccn[nH]2)cc1. The van der Waals surface area contributed by atoms with Crippen LogP contribution < -0.4 is 10.6 Å². The van der Waals surface area contributed by atoms with Crippen LogP contribution in [0.2, 0.25) is 0 Å². The van der Waals surface area contributed by atoms with Gasteiger partial charge in [-0.15, -0.1) is 0 Å². The summed E-state index contributed by atoms with van der Waals surface area (Å²) >= 11 is 0. The van der Waals surface area contributed by atoms with E-state index in [0.29, 0.717) is 13.0 Å². The van der Waals surface area contributed by atoms with Crippen molar-refractivity contribution in [3.8, 4) is 11.3 Å². The lowest BCUT2D eigenvalue weighted by molar-refractivity contribution is 0.165. The molecular formula is C18H26N4O2. The first-order valence-electron chi connectivity index (χ1n) is 8.38. The number of rotatable bonds is 8. The Hall–Kier alpha value is -2.34. The van der Waals surface area contributed by atoms with Crippen molar-refractivity contribution in [2.75, 3.05) is 18.5 Å². The number of carbonyl (C=O) groups is 1. The number of H-pyrrole nitrogens is 1. The van der Waals surface area contributed by atoms with Crippen molar-refractivity contribution in [1.82, 2.24) is 15.5 Å². The molecule has 130 valence electrons. The minimum atomic E-state index is -0.228. The highest BCUT2D eigenvalue weighted by atomic mass is 16.3. The number of aromatic amines is 1. The maximum absolute atomic E-state index is 12.1. The molecule has 24 heavy (non-hydrogen) atoms. The van der Waals surface area contributed by atoms with E-state index in [1.54, 1.807) is 6.20 Å². The van der Waals surface area contributed by atoms with E-state index in [9.17, 15) is 9.90 Å². The van der Waals surface area contributed by atoms with Crippen LogP contribution in [0, 0.1) is 5.41 Å². The van der Waals surface area contributed by atoms with Crippen molar-refractivity contribution in [1.29, 1.82) is 0 Å². The molecule has 0 saturated carbocycles. The van der Waals surface area contributed by atoms with E-state index in [1.165, 1.54) is 0 Å². The third kappa shape index (κ3) is 4.58. The van der Waals surface area contributed by atoms with Crippen molar-refractivity contribution in [3.05, 3.63) is 36.5 Å². The number of hydrogen-bond donors (Lipinski definition) is 4. The fourth-order valence-electron chi connectivity index (χ4n) is 2.77. The Kier molecular flexibility index (Phi) is 6.37. The first kappa shape index (κ1) is 18.0. The number of nitrogens with zero attached hydrogens (tertiary/aromatic N) is 1. The topological polar surface area (TPSA) is 90.0 Å². The first-order valence-corrected chi connectivity index (χ1v) is 8.38. The maximum atomic E-state index is 12.1. The molecule has 0 aliphatic carbocycles. The van der Waals surface area contributed by atoms with Gasteiger partial charge < -0.3 is 15.7 Å². The summed E-state index contributed by atoms with van der Waals surface area (Å²) in [5.41, 5.74) is 2.64. The van der Waals surface area contributed by atoms with E-state index < -0.39 is 0 Å². The Bertz CT molecular complexity index is 619. The molecule has 6 heteroatoms. The van der Waals surface area contributed by atoms with E-state index >= 15 is 0 Å². The zero-order chi connectivity index (χ0) is 17.4. The number of amides is 2. The van der Waals surface area contributed by atoms with Gasteiger partial charge in [-0.1, -0.05) is 26.0 Å². The monoisotopic (exact) mass is 330 g/mol. The van der Waals surface area contributed by atoms with Gasteiger partial charge in [-0.25, -0.2) is 4.79 Å². The second kappa shape index (κ2) is 8.49. The van der Waals surface area contributed by atoms with Gasteiger partial charge in [0.15, 0.2) is 0 Å². The molecule has 0 saturated heterocycles. The fraction of sp³-hybridized carbons (Fsp3) is 0.444. The fourth-order valence-corrected chi connectivity index (χ4v) is 2.77. The van der Waals surface area contributed by atoms with Crippen LogP contribution in [0.3, 0.4) is 0 Å². The summed E-state index contributed by atoms with van der Waals surface area (Å²) in [7, 11) is 0. The zero-order valence-electron chi connectivity index (χ0n) is 14.3. The molecular weight excluding hydrogens is 304 g/mol. The number of aliphatic hydroxyl groups excluding tert-OH is 1. The van der Waals surface area contributed by atoms with Crippen LogP contribution in [0.25, 0.3) is 11.3 Å². The molecule has 2 rings (SSSR count). The zero-order valence-corrected chi connectivity index (χ0v) is 14.3. The third-order valence-electron chi connectivity index (χ3n) is 4.72. The molecule has 2 aromatic rings. The summed E-state index contributed by atoms with van der Waals surface area (Å²) in [6.45, 7) is 4.87. The number of urea groups is 1. The number of anilines is 1. The van der Waals surface area contributed by atoms with Crippen LogP contribution in [0.4, 0.5) is 10.5 Å². The van der Waals surface area contributed by atoms with Gasteiger partial charge >= 0.3 is 6.03 Å². The van der Waals surface area contributed by atoms with E-state index in [-0.39, 0.29) is 18.1 Å². The maximum Gasteiger partial charge on any atom is 0.319 e. The van der Waals surface area contributed by atoms with E-state index in [4.69, 9.17) is 0 Å². The summed E-state index contributed by atoms with van der Waals surface area (Å²) in [6, 6.07) is 9.24. The average Bonchev–Trinajstić information content (AvgIpc) is 3.14. The number of hydrogen-bond acceptors (Lipinski definition) is 3. The average molecular weight is 330 g/mol. The number of aromatic nitrogens is 2. The van der Waals surface area contributed by atoms with Gasteiger partial charge in [0.2, 0.25) is 0 Å². The number of nitrogens with one attached hydrogen (secondary N) is 3. The van der Waals surface area contributed by atoms with Crippen molar-refractivity contribution < 1.29 is 9.90 Å². The Morgan fingerprint density at radius 3 is 2.46 bits per heavy atom. The molecule has 6 nitrogen and oxygen atoms in total. The van der Waals surface area contributed by atoms with E-state index in [1.807, 2.05) is 30.3 Å². The molecule has 1 aromatic carbocycles. The van der Waals surface area contributed by atoms with Gasteiger partial charge in [-0.3, -0.25) is 5.10 Å². The lowest BCUT2D eigenvalue weighted by Gasteiger charge is -2.31. The first-order chi connectivity index (χ1) is 11.6. The highest BCUT2D eigenvalue weighted by molar-refractivity contribution is 5.89. The molecule has 1 aromatic heterocycles. The van der Waals surface area contributed by atoms with Crippen molar-refractivity contribution >= 4 is 11.7 Å². The van der Waals surface area contributed by atoms with Crippen molar-refractivity contribution in [2.24, 2.45) is 5.41 Å². The van der Waals surface area contributed by atoms with Gasteiger partial charge in [-0.2, -0.15) is 5.10 Å². The highest BCUT2D eigenvalue weighted by Gasteiger charge is 2.26. The molecule has 0 radical (unpaired) electrons. The van der Waals surface area contributed by atoms with Crippen LogP contribution in [0.1, 0.15) is 33.1 Å². The van der Waals surface area contributed by atoms with Gasteiger partial charge in [0, 0.05) is 25.0 Å². The second-order valence-electron chi connectivity index (χ2n) is 6.04. The minimum Gasteiger partial charge on any atom is -0.396 e. The Labute approximate surface area is 142 Å². The molecule has 0 aliphatic heterocycles. The second-order valence-corrected chi connectivity index (χ2v) is 6.04. The lowest BCUT2D eigenvalue weighted by atomic mass is 9.79. The Balaban J connectivity index is 1.90. The van der Waals surface area contributed by atoms with Crippen LogP contribution in [-0.2, 0) is 0 Å². The van der Waals surface area contributed by atoms with Crippen LogP contribution in [0.15, 0.2) is 36.5 Å². The number of aliphatic hydroxyl groups is 1. The van der Waals surface area contributed by atoms with Crippen molar-refractivity contribution in [3.63, 3.8) is 0 Å². The van der Waals surface area contributed by atoms with E-state index in [0.717, 1.165) is 29.8 Å². The predicted octanol–water partition coefficient (Wildman–Crippen LogP) is 3.39. The third-order valence-corrected chi connectivity index (χ3v) is 4.72. The lowest BCUT2D eigenvalue weighted by Crippen LogP contribution is -2.39. The number of benzene rings is 1. The van der Waals surface area contributed by atoms with Crippen LogP contribution in [0.5, 0.6) is 0 Å². The summed E-state index contributed by atoms with van der Waals surface area (Å²) in [6.07, 6.45) is 4.24. The summed E-state index contributed by atoms with van der Waals surface area (Å²) < 4.78 is 0. The highest BCUT2D eigenvalue weighted by Crippen LogP contribution is 2.29. The molecule has 0 unspecified atom stereocenters. The smallest absolute Gasteiger partial charge is 0.319 e. The molecule has 2 amide bonds. The van der Waals surface area contributed by atoms with Gasteiger partial charge in [0.25, 0.3) is 0 Å². The predicted molar refractivity (Wildman–Crippen MR) is 95.8 cm³/mol. The molecule has 0 aliphatic rings. The Morgan fingerprint density at radius 1 is 1.21 bits per heavy atom. The largest absolute Gasteiger partial charge is 0.396 e. The molecule has 0 spiro atoms. The van der Waals surface area contributed by atoms with Gasteiger partial charge in [-0.05, 0) is 48.4 Å². The van der Waals surface area contributed by atoms with Gasteiger partial charge in [0.05, 0.1) is 5.69 Å². The van der Waals surface area contributed by atoms with Gasteiger partial charge in [0.1, 0.15) is 0 Å². The summed E-state index contributed by atoms with van der Waals surface area (Å²) in [5.74, 6) is 0. The quantitative estimate of drug-likeness (QED) is 0.598. The molecule has 1 heterocycles. The standard InChI is InChI=1S/C18H26N4O2/c1-3-18(4-2,10-12-23)13-19-17(24)21-15-7-5-14(6-8-15)16-9-11-20-22-16/h5-9,11,23H,3-4,10,12-13H2,1-2H3,(H,20,22)(H2,19,21,24). The Morgan fingerprint density at radius 2 is 1.92 bits per heavy atom. The summed E-state index contributed by atoms with van der Waals surface area (Å²) in [5, 5.41) is 21.8. The molecule has 0 bridgehead atoms. The van der Waals surface area contributed by atoms with Crippen LogP contribution >= 0.6 is 0 Å². The normalized spacial score (nSPS) is 11.3. The number of carbonyl (C=O) groups excluding carboxylic acids is 1. The van der Waals surface area contributed by atoms with E-state index in [2.05, 4.69) is 34.7 Å². The molecule has 0 fully saturated rings.